The van der Waals surface area contributed by atoms with Crippen LogP contribution in [0.3, 0.4) is 0 Å². The van der Waals surface area contributed by atoms with Crippen molar-refractivity contribution in [3.8, 4) is 0 Å². The number of aliphatic carboxylic acids is 1. The molecule has 0 bridgehead atoms. The molecule has 0 aliphatic rings. The van der Waals surface area contributed by atoms with E-state index in [0.29, 0.717) is 6.08 Å². The van der Waals surface area contributed by atoms with Gasteiger partial charge in [-0.05, 0) is 0 Å². The van der Waals surface area contributed by atoms with Crippen molar-refractivity contribution in [1.82, 2.24) is 0 Å². The fourth-order valence-electron chi connectivity index (χ4n) is 0.153. The quantitative estimate of drug-likeness (QED) is 0.366. The Kier molecular flexibility index (Phi) is 7.89. The number of nitrogens with two attached hydrogens (primary N) is 1. The van der Waals surface area contributed by atoms with Crippen LogP contribution in [0.1, 0.15) is 0 Å². The first kappa shape index (κ1) is 11.7. The molecule has 0 rings (SSSR count). The fourth-order valence-corrected chi connectivity index (χ4v) is 0.153. The number of amides is 1. The molecule has 0 radical (unpaired) electrons. The zero-order chi connectivity index (χ0) is 6.57. The van der Waals surface area contributed by atoms with Crippen LogP contribution in [0.2, 0.25) is 0 Å². The van der Waals surface area contributed by atoms with Gasteiger partial charge in [0, 0.05) is 12.2 Å². The number of primary amides is 1. The van der Waals surface area contributed by atoms with Crippen LogP contribution in [0, 0.1) is 0 Å². The normalized spacial score (nSPS) is 8.44. The van der Waals surface area contributed by atoms with E-state index < -0.39 is 11.9 Å². The summed E-state index contributed by atoms with van der Waals surface area (Å²) >= 11 is 0. The van der Waals surface area contributed by atoms with E-state index in [2.05, 4.69) is 5.73 Å². The zero-order valence-electron chi connectivity index (χ0n) is 4.00. The Balaban J connectivity index is 0. The van der Waals surface area contributed by atoms with Crippen molar-refractivity contribution in [3.05, 3.63) is 12.2 Å². The van der Waals surface area contributed by atoms with Crippen LogP contribution in [0.25, 0.3) is 0 Å². The van der Waals surface area contributed by atoms with Gasteiger partial charge in [-0.2, -0.15) is 0 Å². The molecule has 4 nitrogen and oxygen atoms in total. The van der Waals surface area contributed by atoms with Crippen LogP contribution >= 0.6 is 0 Å². The van der Waals surface area contributed by atoms with Gasteiger partial charge in [0.15, 0.2) is 0 Å². The molecular weight excluding hydrogens is 150 g/mol. The number of rotatable bonds is 2. The summed E-state index contributed by atoms with van der Waals surface area (Å²) in [5.41, 5.74) is 4.55. The van der Waals surface area contributed by atoms with Gasteiger partial charge in [-0.15, -0.1) is 0 Å². The van der Waals surface area contributed by atoms with Gasteiger partial charge < -0.3 is 10.8 Å². The number of carbonyl (C=O) groups is 2. The molecule has 0 aromatic carbocycles. The van der Waals surface area contributed by atoms with Crippen molar-refractivity contribution >= 4 is 49.6 Å². The molecule has 9 heavy (non-hydrogen) atoms. The van der Waals surface area contributed by atoms with E-state index in [4.69, 9.17) is 5.11 Å². The molecule has 48 valence electrons. The van der Waals surface area contributed by atoms with Gasteiger partial charge in [0.1, 0.15) is 0 Å². The number of hydrogen-bond acceptors (Lipinski definition) is 2. The first-order chi connectivity index (χ1) is 3.63. The molecule has 0 aromatic heterocycles. The maximum absolute atomic E-state index is 9.78. The molecule has 0 aromatic rings. The predicted octanol–water partition coefficient (Wildman–Crippen LogP) is -1.80. The molecule has 5 heteroatoms. The van der Waals surface area contributed by atoms with Crippen LogP contribution in [-0.2, 0) is 9.59 Å². The Bertz CT molecular complexity index is 127. The van der Waals surface area contributed by atoms with E-state index >= 15 is 0 Å². The van der Waals surface area contributed by atoms with Crippen molar-refractivity contribution in [2.24, 2.45) is 5.73 Å². The van der Waals surface area contributed by atoms with Crippen molar-refractivity contribution in [3.63, 3.8) is 0 Å². The summed E-state index contributed by atoms with van der Waals surface area (Å²) in [5, 5.41) is 7.87. The molecule has 0 spiro atoms. The molecule has 0 fully saturated rings. The summed E-state index contributed by atoms with van der Waals surface area (Å²) in [6, 6.07) is 0. The summed E-state index contributed by atoms with van der Waals surface area (Å²) in [7, 11) is 0. The molecule has 0 saturated carbocycles. The standard InChI is InChI=1S/C4H5NO3.Ca.2H/c5-3(6)1-2-4(7)8;;;/h1-2H,(H2,5,6)(H,7,8);;;/b2-1-;;;. The predicted molar refractivity (Wildman–Crippen MR) is 34.5 cm³/mol. The third kappa shape index (κ3) is 11.5. The second-order valence-electron chi connectivity index (χ2n) is 1.07. The van der Waals surface area contributed by atoms with Crippen LogP contribution in [0.5, 0.6) is 0 Å². The van der Waals surface area contributed by atoms with E-state index in [0.717, 1.165) is 6.08 Å². The van der Waals surface area contributed by atoms with Crippen LogP contribution in [-0.4, -0.2) is 54.7 Å². The molecular formula is C4H7CaNO3. The Morgan fingerprint density at radius 3 is 1.89 bits per heavy atom. The molecule has 0 aliphatic carbocycles. The molecule has 1 amide bonds. The summed E-state index contributed by atoms with van der Waals surface area (Å²) in [4.78, 5) is 19.4. The second kappa shape index (κ2) is 6.07. The van der Waals surface area contributed by atoms with Gasteiger partial charge >= 0.3 is 43.7 Å². The summed E-state index contributed by atoms with van der Waals surface area (Å²) in [6.07, 6.45) is 1.46. The Morgan fingerprint density at radius 1 is 1.33 bits per heavy atom. The van der Waals surface area contributed by atoms with Crippen LogP contribution in [0.15, 0.2) is 12.2 Å². The van der Waals surface area contributed by atoms with Crippen molar-refractivity contribution in [1.29, 1.82) is 0 Å². The van der Waals surface area contributed by atoms with E-state index in [9.17, 15) is 9.59 Å². The van der Waals surface area contributed by atoms with Gasteiger partial charge in [-0.3, -0.25) is 4.79 Å². The van der Waals surface area contributed by atoms with Crippen LogP contribution < -0.4 is 5.73 Å². The molecule has 0 saturated heterocycles. The second-order valence-corrected chi connectivity index (χ2v) is 1.07. The molecule has 0 heterocycles. The van der Waals surface area contributed by atoms with Gasteiger partial charge in [0.25, 0.3) is 0 Å². The third-order valence-electron chi connectivity index (χ3n) is 0.390. The van der Waals surface area contributed by atoms with E-state index in [1.54, 1.807) is 0 Å². The average molecular weight is 157 g/mol. The molecule has 3 N–H and O–H groups in total. The Labute approximate surface area is 81.7 Å². The molecule has 0 aliphatic heterocycles. The Hall–Kier alpha value is -0.0603. The topological polar surface area (TPSA) is 80.4 Å². The first-order valence-corrected chi connectivity index (χ1v) is 1.83. The SMILES string of the molecule is NC(=O)/C=C\C(=O)O.[CaH2]. The number of carboxylic acids is 1. The molecule has 0 atom stereocenters. The van der Waals surface area contributed by atoms with Crippen LogP contribution in [0.4, 0.5) is 0 Å². The molecule has 0 unspecified atom stereocenters. The monoisotopic (exact) mass is 157 g/mol. The van der Waals surface area contributed by atoms with Gasteiger partial charge in [0.05, 0.1) is 0 Å². The van der Waals surface area contributed by atoms with E-state index in [-0.39, 0.29) is 37.7 Å². The summed E-state index contributed by atoms with van der Waals surface area (Å²) in [6.45, 7) is 0. The number of carboxylic acid groups (broad SMARTS) is 1. The third-order valence-corrected chi connectivity index (χ3v) is 0.390. The zero-order valence-corrected chi connectivity index (χ0v) is 4.00. The summed E-state index contributed by atoms with van der Waals surface area (Å²) < 4.78 is 0. The van der Waals surface area contributed by atoms with Gasteiger partial charge in [-0.25, -0.2) is 4.79 Å². The summed E-state index contributed by atoms with van der Waals surface area (Å²) in [5.74, 6) is -1.93. The van der Waals surface area contributed by atoms with E-state index in [1.165, 1.54) is 0 Å². The van der Waals surface area contributed by atoms with Crippen molar-refractivity contribution in [2.75, 3.05) is 0 Å². The number of carbonyl (C=O) groups excluding carboxylic acids is 1. The van der Waals surface area contributed by atoms with Gasteiger partial charge in [-0.1, -0.05) is 0 Å². The van der Waals surface area contributed by atoms with Crippen molar-refractivity contribution in [2.45, 2.75) is 0 Å². The Morgan fingerprint density at radius 2 is 1.78 bits per heavy atom. The van der Waals surface area contributed by atoms with Gasteiger partial charge in [0.2, 0.25) is 5.91 Å². The first-order valence-electron chi connectivity index (χ1n) is 1.83. The average Bonchev–Trinajstić information content (AvgIpc) is 1.61. The van der Waals surface area contributed by atoms with Crippen molar-refractivity contribution < 1.29 is 14.7 Å². The maximum atomic E-state index is 9.78. The number of hydrogen-bond donors (Lipinski definition) is 2. The van der Waals surface area contributed by atoms with E-state index in [1.807, 2.05) is 0 Å². The minimum atomic E-state index is -1.18. The fraction of sp³-hybridized carbons (Fsp3) is 0. The minimum absolute atomic E-state index is 0.